The van der Waals surface area contributed by atoms with Crippen molar-refractivity contribution < 1.29 is 5.11 Å². The molecular weight excluding hydrogens is 186 g/mol. The molecule has 0 radical (unpaired) electrons. The van der Waals surface area contributed by atoms with E-state index in [1.54, 1.807) is 0 Å². The molecule has 86 valence electrons. The number of hydrogen-bond donors (Lipinski definition) is 6. The molecule has 0 aliphatic heterocycles. The second-order valence-corrected chi connectivity index (χ2v) is 1.93. The maximum Gasteiger partial charge on any atom is 0.185 e. The van der Waals surface area contributed by atoms with Crippen molar-refractivity contribution >= 4 is 11.9 Å². The highest BCUT2D eigenvalue weighted by molar-refractivity contribution is 5.75. The Labute approximate surface area is 83.6 Å². The number of aliphatic imine (C=N–C) groups is 2. The largest absolute Gasteiger partial charge is 0.394 e. The lowest BCUT2D eigenvalue weighted by molar-refractivity contribution is 0.307. The van der Waals surface area contributed by atoms with E-state index in [4.69, 9.17) is 28.0 Å². The van der Waals surface area contributed by atoms with Crippen LogP contribution in [0.15, 0.2) is 9.98 Å². The van der Waals surface area contributed by atoms with Crippen LogP contribution < -0.4 is 29.1 Å². The monoisotopic (exact) mass is 207 g/mol. The van der Waals surface area contributed by atoms with Gasteiger partial charge in [-0.3, -0.25) is 9.98 Å². The molecule has 0 saturated carbocycles. The van der Waals surface area contributed by atoms with Crippen LogP contribution in [0, 0.1) is 0 Å². The van der Waals surface area contributed by atoms with Crippen molar-refractivity contribution in [2.24, 2.45) is 32.9 Å². The summed E-state index contributed by atoms with van der Waals surface area (Å²) in [7, 11) is 0. The Bertz CT molecular complexity index is 160. The summed E-state index contributed by atoms with van der Waals surface area (Å²) < 4.78 is 0. The average Bonchev–Trinajstić information content (AvgIpc) is 2.01. The molecule has 0 saturated heterocycles. The molecule has 0 atom stereocenters. The molecule has 0 fully saturated rings. The molecule has 12 N–H and O–H groups in total. The topological polar surface area (TPSA) is 184 Å². The van der Waals surface area contributed by atoms with Crippen LogP contribution in [0.4, 0.5) is 0 Å². The smallest absolute Gasteiger partial charge is 0.185 e. The summed E-state index contributed by atoms with van der Waals surface area (Å²) in [5.41, 5.74) is 19.7. The van der Waals surface area contributed by atoms with E-state index in [0.29, 0.717) is 13.1 Å². The zero-order chi connectivity index (χ0) is 10.7. The first-order valence-electron chi connectivity index (χ1n) is 3.76. The van der Waals surface area contributed by atoms with E-state index in [1.165, 1.54) is 0 Å². The fourth-order valence-electron chi connectivity index (χ4n) is 0.362. The van der Waals surface area contributed by atoms with Gasteiger partial charge >= 0.3 is 0 Å². The molecule has 8 heteroatoms. The number of hydrogen-bond acceptors (Lipinski definition) is 4. The van der Waals surface area contributed by atoms with Gasteiger partial charge < -0.3 is 34.2 Å². The van der Waals surface area contributed by atoms with Gasteiger partial charge in [0.05, 0.1) is 13.2 Å². The molecule has 0 bridgehead atoms. The van der Waals surface area contributed by atoms with Gasteiger partial charge in [0.15, 0.2) is 11.9 Å². The molecule has 0 aromatic carbocycles. The molecule has 0 aliphatic carbocycles. The first-order chi connectivity index (χ1) is 6.04. The predicted molar refractivity (Wildman–Crippen MR) is 59.1 cm³/mol. The van der Waals surface area contributed by atoms with Gasteiger partial charge in [-0.15, -0.1) is 0 Å². The summed E-state index contributed by atoms with van der Waals surface area (Å²) in [5.74, 6) is 0.187. The Balaban J connectivity index is -0.000000163. The van der Waals surface area contributed by atoms with Gasteiger partial charge in [-0.1, -0.05) is 0 Å². The molecular formula is C6H21N7O. The van der Waals surface area contributed by atoms with Crippen LogP contribution in [0.1, 0.15) is 6.92 Å². The van der Waals surface area contributed by atoms with Crippen molar-refractivity contribution in [3.05, 3.63) is 0 Å². The van der Waals surface area contributed by atoms with Crippen LogP contribution in [-0.4, -0.2) is 36.7 Å². The molecule has 8 nitrogen and oxygen atoms in total. The van der Waals surface area contributed by atoms with Gasteiger partial charge in [-0.05, 0) is 6.92 Å². The Morgan fingerprint density at radius 2 is 1.50 bits per heavy atom. The number of nitrogens with zero attached hydrogens (tertiary/aromatic N) is 2. The number of rotatable bonds is 3. The number of nitrogens with two attached hydrogens (primary N) is 4. The van der Waals surface area contributed by atoms with Gasteiger partial charge in [0, 0.05) is 6.54 Å². The molecule has 14 heavy (non-hydrogen) atoms. The van der Waals surface area contributed by atoms with Gasteiger partial charge in [0.1, 0.15) is 0 Å². The fraction of sp³-hybridized carbons (Fsp3) is 0.667. The molecule has 0 aliphatic rings. The highest BCUT2D eigenvalue weighted by atomic mass is 16.3. The summed E-state index contributed by atoms with van der Waals surface area (Å²) in [4.78, 5) is 7.06. The van der Waals surface area contributed by atoms with Crippen LogP contribution >= 0.6 is 0 Å². The molecule has 0 spiro atoms. The summed E-state index contributed by atoms with van der Waals surface area (Å²) in [6.07, 6.45) is 0. The second kappa shape index (κ2) is 14.0. The Hall–Kier alpha value is -1.54. The third kappa shape index (κ3) is 31.4. The normalized spacial score (nSPS) is 7.29. The third-order valence-electron chi connectivity index (χ3n) is 0.735. The molecule has 0 aromatic heterocycles. The third-order valence-corrected chi connectivity index (χ3v) is 0.735. The molecule has 0 unspecified atom stereocenters. The lowest BCUT2D eigenvalue weighted by Crippen LogP contribution is -2.23. The van der Waals surface area contributed by atoms with E-state index in [9.17, 15) is 0 Å². The van der Waals surface area contributed by atoms with E-state index in [0.717, 1.165) is 0 Å². The minimum Gasteiger partial charge on any atom is -0.394 e. The molecule has 0 rings (SSSR count). The Morgan fingerprint density at radius 1 is 1.07 bits per heavy atom. The van der Waals surface area contributed by atoms with Crippen LogP contribution in [0.25, 0.3) is 0 Å². The maximum atomic E-state index is 8.10. The molecule has 0 heterocycles. The number of aliphatic hydroxyl groups is 1. The van der Waals surface area contributed by atoms with Crippen LogP contribution in [0.2, 0.25) is 0 Å². The van der Waals surface area contributed by atoms with Crippen LogP contribution in [-0.2, 0) is 0 Å². The van der Waals surface area contributed by atoms with Gasteiger partial charge in [0.2, 0.25) is 0 Å². The average molecular weight is 207 g/mol. The quantitative estimate of drug-likeness (QED) is 0.223. The maximum absolute atomic E-state index is 8.10. The van der Waals surface area contributed by atoms with Gasteiger partial charge in [-0.2, -0.15) is 0 Å². The van der Waals surface area contributed by atoms with Crippen molar-refractivity contribution in [2.75, 3.05) is 19.7 Å². The highest BCUT2D eigenvalue weighted by Crippen LogP contribution is 1.61. The van der Waals surface area contributed by atoms with E-state index >= 15 is 0 Å². The SMILES string of the molecule is CCN=C(N)N.N.NC(N)=NCCO. The van der Waals surface area contributed by atoms with Crippen molar-refractivity contribution in [3.8, 4) is 0 Å². The lowest BCUT2D eigenvalue weighted by Gasteiger charge is -1.86. The fourth-order valence-corrected chi connectivity index (χ4v) is 0.362. The predicted octanol–water partition coefficient (Wildman–Crippen LogP) is -2.31. The Kier molecular flexibility index (Phi) is 18.3. The summed E-state index contributed by atoms with van der Waals surface area (Å²) in [6, 6.07) is 0. The van der Waals surface area contributed by atoms with Crippen molar-refractivity contribution in [1.29, 1.82) is 0 Å². The molecule has 0 amide bonds. The zero-order valence-corrected chi connectivity index (χ0v) is 8.48. The lowest BCUT2D eigenvalue weighted by atomic mass is 10.7. The van der Waals surface area contributed by atoms with Crippen molar-refractivity contribution in [1.82, 2.24) is 6.15 Å². The van der Waals surface area contributed by atoms with E-state index in [2.05, 4.69) is 9.98 Å². The standard InChI is InChI=1S/C3H9N3O.C3H9N3.H3N/c4-3(5)6-1-2-7;1-2-6-3(4)5;/h7H,1-2H2,(H4,4,5,6);2H2,1H3,(H4,4,5,6);1H3. The van der Waals surface area contributed by atoms with E-state index in [-0.39, 0.29) is 24.7 Å². The number of aliphatic hydroxyl groups excluding tert-OH is 1. The Morgan fingerprint density at radius 3 is 1.57 bits per heavy atom. The minimum absolute atomic E-state index is 0. The van der Waals surface area contributed by atoms with Gasteiger partial charge in [-0.25, -0.2) is 0 Å². The molecule has 0 aromatic rings. The van der Waals surface area contributed by atoms with Crippen molar-refractivity contribution in [3.63, 3.8) is 0 Å². The van der Waals surface area contributed by atoms with Gasteiger partial charge in [0.25, 0.3) is 0 Å². The van der Waals surface area contributed by atoms with Crippen molar-refractivity contribution in [2.45, 2.75) is 6.92 Å². The van der Waals surface area contributed by atoms with E-state index < -0.39 is 0 Å². The van der Waals surface area contributed by atoms with E-state index in [1.807, 2.05) is 6.92 Å². The zero-order valence-electron chi connectivity index (χ0n) is 8.48. The summed E-state index contributed by atoms with van der Waals surface area (Å²) in [5, 5.41) is 8.10. The minimum atomic E-state index is -0.00208. The first kappa shape index (κ1) is 18.3. The second-order valence-electron chi connectivity index (χ2n) is 1.93. The first-order valence-corrected chi connectivity index (χ1v) is 3.76. The van der Waals surface area contributed by atoms with Crippen LogP contribution in [0.3, 0.4) is 0 Å². The summed E-state index contributed by atoms with van der Waals surface area (Å²) >= 11 is 0. The summed E-state index contributed by atoms with van der Waals surface area (Å²) in [6.45, 7) is 2.84. The number of guanidine groups is 2. The van der Waals surface area contributed by atoms with Crippen LogP contribution in [0.5, 0.6) is 0 Å². The highest BCUT2D eigenvalue weighted by Gasteiger charge is 1.75.